The Morgan fingerprint density at radius 1 is 1.50 bits per heavy atom. The molecule has 1 N–H and O–H groups in total. The molecule has 0 aliphatic rings. The van der Waals surface area contributed by atoms with Crippen LogP contribution in [0.5, 0.6) is 0 Å². The highest BCUT2D eigenvalue weighted by Gasteiger charge is 2.20. The van der Waals surface area contributed by atoms with Gasteiger partial charge in [-0.3, -0.25) is 0 Å². The standard InChI is InChI=1S/C12H16ClNO2/c1-5-8-7(2)6-9(13)10(12(15)16)11(8)14(3)4/h6H,5H2,1-4H3,(H,15,16). The number of hydrogen-bond acceptors (Lipinski definition) is 2. The quantitative estimate of drug-likeness (QED) is 0.885. The highest BCUT2D eigenvalue weighted by Crippen LogP contribution is 2.33. The zero-order valence-corrected chi connectivity index (χ0v) is 10.7. The van der Waals surface area contributed by atoms with Gasteiger partial charge in [-0.2, -0.15) is 0 Å². The predicted octanol–water partition coefficient (Wildman–Crippen LogP) is 2.98. The third-order valence-electron chi connectivity index (χ3n) is 2.60. The first-order chi connectivity index (χ1) is 7.40. The van der Waals surface area contributed by atoms with Crippen LogP contribution in [-0.2, 0) is 6.42 Å². The smallest absolute Gasteiger partial charge is 0.339 e. The molecular weight excluding hydrogens is 226 g/mol. The van der Waals surface area contributed by atoms with Crippen molar-refractivity contribution in [2.45, 2.75) is 20.3 Å². The molecule has 0 aliphatic carbocycles. The Bertz CT molecular complexity index is 428. The fraction of sp³-hybridized carbons (Fsp3) is 0.417. The Morgan fingerprint density at radius 3 is 2.44 bits per heavy atom. The van der Waals surface area contributed by atoms with Gasteiger partial charge in [-0.05, 0) is 30.5 Å². The van der Waals surface area contributed by atoms with Crippen LogP contribution in [0.2, 0.25) is 5.02 Å². The largest absolute Gasteiger partial charge is 0.478 e. The van der Waals surface area contributed by atoms with Crippen LogP contribution in [0.4, 0.5) is 5.69 Å². The van der Waals surface area contributed by atoms with Gasteiger partial charge < -0.3 is 10.0 Å². The first-order valence-corrected chi connectivity index (χ1v) is 5.50. The molecule has 0 aromatic heterocycles. The summed E-state index contributed by atoms with van der Waals surface area (Å²) in [4.78, 5) is 13.0. The van der Waals surface area contributed by atoms with Crippen molar-refractivity contribution in [1.29, 1.82) is 0 Å². The number of halogens is 1. The third kappa shape index (κ3) is 2.14. The number of rotatable bonds is 3. The SMILES string of the molecule is CCc1c(C)cc(Cl)c(C(=O)O)c1N(C)C. The fourth-order valence-corrected chi connectivity index (χ4v) is 2.28. The zero-order chi connectivity index (χ0) is 12.5. The van der Waals surface area contributed by atoms with Crippen molar-refractivity contribution in [1.82, 2.24) is 0 Å². The number of aromatic carboxylic acids is 1. The summed E-state index contributed by atoms with van der Waals surface area (Å²) in [5.74, 6) is -0.983. The highest BCUT2D eigenvalue weighted by atomic mass is 35.5. The Kier molecular flexibility index (Phi) is 3.81. The van der Waals surface area contributed by atoms with Gasteiger partial charge in [0.2, 0.25) is 0 Å². The second-order valence-electron chi connectivity index (χ2n) is 3.93. The minimum Gasteiger partial charge on any atom is -0.478 e. The Hall–Kier alpha value is -1.22. The van der Waals surface area contributed by atoms with Crippen LogP contribution in [0.3, 0.4) is 0 Å². The lowest BCUT2D eigenvalue weighted by atomic mass is 9.98. The van der Waals surface area contributed by atoms with Crippen LogP contribution in [0.1, 0.15) is 28.4 Å². The molecule has 1 aromatic carbocycles. The van der Waals surface area contributed by atoms with Crippen molar-refractivity contribution in [2.75, 3.05) is 19.0 Å². The topological polar surface area (TPSA) is 40.5 Å². The first kappa shape index (κ1) is 12.8. The molecule has 0 aliphatic heterocycles. The molecule has 0 saturated carbocycles. The number of carboxylic acid groups (broad SMARTS) is 1. The van der Waals surface area contributed by atoms with E-state index in [0.717, 1.165) is 17.5 Å². The Morgan fingerprint density at radius 2 is 2.06 bits per heavy atom. The molecule has 0 radical (unpaired) electrons. The van der Waals surface area contributed by atoms with E-state index in [9.17, 15) is 9.90 Å². The van der Waals surface area contributed by atoms with Crippen molar-refractivity contribution in [3.8, 4) is 0 Å². The molecule has 1 aromatic rings. The molecule has 4 heteroatoms. The Labute approximate surface area is 101 Å². The van der Waals surface area contributed by atoms with E-state index in [-0.39, 0.29) is 5.56 Å². The number of hydrogen-bond donors (Lipinski definition) is 1. The van der Waals surface area contributed by atoms with Crippen molar-refractivity contribution >= 4 is 23.3 Å². The van der Waals surface area contributed by atoms with Crippen LogP contribution >= 0.6 is 11.6 Å². The average molecular weight is 242 g/mol. The maximum atomic E-state index is 11.2. The van der Waals surface area contributed by atoms with Gasteiger partial charge in [-0.15, -0.1) is 0 Å². The van der Waals surface area contributed by atoms with Crippen LogP contribution in [0, 0.1) is 6.92 Å². The van der Waals surface area contributed by atoms with Gasteiger partial charge in [0.25, 0.3) is 0 Å². The third-order valence-corrected chi connectivity index (χ3v) is 2.89. The number of carbonyl (C=O) groups is 1. The lowest BCUT2D eigenvalue weighted by Crippen LogP contribution is -2.17. The lowest BCUT2D eigenvalue weighted by molar-refractivity contribution is 0.0697. The molecule has 0 amide bonds. The summed E-state index contributed by atoms with van der Waals surface area (Å²) in [6.45, 7) is 3.96. The first-order valence-electron chi connectivity index (χ1n) is 5.12. The van der Waals surface area contributed by atoms with Gasteiger partial charge in [0, 0.05) is 14.1 Å². The number of anilines is 1. The average Bonchev–Trinajstić information content (AvgIpc) is 2.15. The molecule has 3 nitrogen and oxygen atoms in total. The second-order valence-corrected chi connectivity index (χ2v) is 4.34. The molecule has 88 valence electrons. The van der Waals surface area contributed by atoms with Gasteiger partial charge in [0.15, 0.2) is 0 Å². The summed E-state index contributed by atoms with van der Waals surface area (Å²) in [5.41, 5.74) is 2.96. The number of benzene rings is 1. The highest BCUT2D eigenvalue weighted by molar-refractivity contribution is 6.34. The maximum Gasteiger partial charge on any atom is 0.339 e. The normalized spacial score (nSPS) is 10.3. The molecular formula is C12H16ClNO2. The molecule has 0 heterocycles. The fourth-order valence-electron chi connectivity index (χ4n) is 1.94. The van der Waals surface area contributed by atoms with E-state index in [1.807, 2.05) is 27.9 Å². The maximum absolute atomic E-state index is 11.2. The molecule has 16 heavy (non-hydrogen) atoms. The summed E-state index contributed by atoms with van der Waals surface area (Å²) in [5, 5.41) is 9.49. The number of carboxylic acids is 1. The minimum atomic E-state index is -0.983. The zero-order valence-electron chi connectivity index (χ0n) is 9.97. The summed E-state index contributed by atoms with van der Waals surface area (Å²) < 4.78 is 0. The Balaban J connectivity index is 3.65. The van der Waals surface area contributed by atoms with Crippen molar-refractivity contribution in [2.24, 2.45) is 0 Å². The molecule has 0 unspecified atom stereocenters. The van der Waals surface area contributed by atoms with Crippen LogP contribution < -0.4 is 4.90 Å². The van der Waals surface area contributed by atoms with E-state index in [2.05, 4.69) is 0 Å². The van der Waals surface area contributed by atoms with Crippen LogP contribution in [-0.4, -0.2) is 25.2 Å². The van der Waals surface area contributed by atoms with E-state index in [1.165, 1.54) is 0 Å². The van der Waals surface area contributed by atoms with E-state index >= 15 is 0 Å². The molecule has 0 fully saturated rings. The number of nitrogens with zero attached hydrogens (tertiary/aromatic N) is 1. The summed E-state index contributed by atoms with van der Waals surface area (Å²) in [6, 6.07) is 1.72. The van der Waals surface area contributed by atoms with Gasteiger partial charge in [-0.1, -0.05) is 18.5 Å². The van der Waals surface area contributed by atoms with Crippen LogP contribution in [0.25, 0.3) is 0 Å². The molecule has 0 saturated heterocycles. The van der Waals surface area contributed by atoms with Crippen molar-refractivity contribution in [3.05, 3.63) is 27.8 Å². The van der Waals surface area contributed by atoms with Gasteiger partial charge in [0.1, 0.15) is 5.56 Å². The van der Waals surface area contributed by atoms with Crippen LogP contribution in [0.15, 0.2) is 6.07 Å². The summed E-state index contributed by atoms with van der Waals surface area (Å²) >= 11 is 6.00. The van der Waals surface area contributed by atoms with Crippen molar-refractivity contribution < 1.29 is 9.90 Å². The lowest BCUT2D eigenvalue weighted by Gasteiger charge is -2.22. The van der Waals surface area contributed by atoms with E-state index in [1.54, 1.807) is 11.0 Å². The number of aryl methyl sites for hydroxylation is 1. The van der Waals surface area contributed by atoms with Gasteiger partial charge in [-0.25, -0.2) is 4.79 Å². The van der Waals surface area contributed by atoms with E-state index in [0.29, 0.717) is 10.7 Å². The van der Waals surface area contributed by atoms with E-state index in [4.69, 9.17) is 11.6 Å². The monoisotopic (exact) mass is 241 g/mol. The van der Waals surface area contributed by atoms with E-state index < -0.39 is 5.97 Å². The molecule has 0 spiro atoms. The second kappa shape index (κ2) is 4.74. The summed E-state index contributed by atoms with van der Waals surface area (Å²) in [7, 11) is 3.66. The summed E-state index contributed by atoms with van der Waals surface area (Å²) in [6.07, 6.45) is 0.788. The molecule has 0 bridgehead atoms. The van der Waals surface area contributed by atoms with Gasteiger partial charge >= 0.3 is 5.97 Å². The molecule has 1 rings (SSSR count). The van der Waals surface area contributed by atoms with Crippen molar-refractivity contribution in [3.63, 3.8) is 0 Å². The molecule has 0 atom stereocenters. The predicted molar refractivity (Wildman–Crippen MR) is 66.9 cm³/mol. The minimum absolute atomic E-state index is 0.189. The van der Waals surface area contributed by atoms with Gasteiger partial charge in [0.05, 0.1) is 10.7 Å².